The molecule has 0 radical (unpaired) electrons. The van der Waals surface area contributed by atoms with Crippen molar-refractivity contribution in [3.05, 3.63) is 71.3 Å². The summed E-state index contributed by atoms with van der Waals surface area (Å²) in [6.07, 6.45) is 0. The Balaban J connectivity index is 1.98. The van der Waals surface area contributed by atoms with Gasteiger partial charge in [-0.25, -0.2) is 0 Å². The molecule has 21 heavy (non-hydrogen) atoms. The molecule has 2 aromatic carbocycles. The summed E-state index contributed by atoms with van der Waals surface area (Å²) in [5, 5.41) is 2.75. The fraction of sp³-hybridized carbons (Fsp3) is 0.125. The SMILES string of the molecule is NC(=O)c1cccc(CNC(=O)[C@H](N)c2ccccc2)c1. The summed E-state index contributed by atoms with van der Waals surface area (Å²) in [6.45, 7) is 0.292. The van der Waals surface area contributed by atoms with E-state index in [4.69, 9.17) is 11.5 Å². The van der Waals surface area contributed by atoms with Crippen molar-refractivity contribution in [2.24, 2.45) is 11.5 Å². The maximum atomic E-state index is 12.0. The highest BCUT2D eigenvalue weighted by Gasteiger charge is 2.14. The van der Waals surface area contributed by atoms with E-state index in [-0.39, 0.29) is 5.91 Å². The minimum atomic E-state index is -0.717. The Morgan fingerprint density at radius 1 is 1.05 bits per heavy atom. The Morgan fingerprint density at radius 3 is 2.43 bits per heavy atom. The highest BCUT2D eigenvalue weighted by atomic mass is 16.2. The molecule has 5 N–H and O–H groups in total. The summed E-state index contributed by atoms with van der Waals surface area (Å²) in [5.74, 6) is -0.769. The molecule has 0 saturated heterocycles. The van der Waals surface area contributed by atoms with Gasteiger partial charge in [-0.3, -0.25) is 9.59 Å². The summed E-state index contributed by atoms with van der Waals surface area (Å²) < 4.78 is 0. The number of nitrogens with one attached hydrogen (secondary N) is 1. The van der Waals surface area contributed by atoms with Gasteiger partial charge in [0.2, 0.25) is 11.8 Å². The van der Waals surface area contributed by atoms with E-state index in [2.05, 4.69) is 5.32 Å². The van der Waals surface area contributed by atoms with Gasteiger partial charge in [0.25, 0.3) is 0 Å². The molecule has 1 atom stereocenters. The number of primary amides is 1. The largest absolute Gasteiger partial charge is 0.366 e. The van der Waals surface area contributed by atoms with Crippen molar-refractivity contribution in [2.45, 2.75) is 12.6 Å². The minimum Gasteiger partial charge on any atom is -0.366 e. The second-order valence-electron chi connectivity index (χ2n) is 4.67. The van der Waals surface area contributed by atoms with Gasteiger partial charge in [0.15, 0.2) is 0 Å². The van der Waals surface area contributed by atoms with Crippen molar-refractivity contribution in [2.75, 3.05) is 0 Å². The number of benzene rings is 2. The molecule has 0 fully saturated rings. The van der Waals surface area contributed by atoms with Gasteiger partial charge in [-0.2, -0.15) is 0 Å². The van der Waals surface area contributed by atoms with E-state index in [9.17, 15) is 9.59 Å². The molecule has 0 spiro atoms. The lowest BCUT2D eigenvalue weighted by molar-refractivity contribution is -0.122. The molecule has 0 aliphatic carbocycles. The van der Waals surface area contributed by atoms with E-state index in [1.165, 1.54) is 0 Å². The molecule has 0 aliphatic rings. The van der Waals surface area contributed by atoms with Gasteiger partial charge in [-0.1, -0.05) is 42.5 Å². The standard InChI is InChI=1S/C16H17N3O2/c17-14(12-6-2-1-3-7-12)16(21)19-10-11-5-4-8-13(9-11)15(18)20/h1-9,14H,10,17H2,(H2,18,20)(H,19,21)/t14-/m1/s1. The lowest BCUT2D eigenvalue weighted by Crippen LogP contribution is -2.33. The van der Waals surface area contributed by atoms with Crippen molar-refractivity contribution in [1.82, 2.24) is 5.32 Å². The van der Waals surface area contributed by atoms with Crippen LogP contribution in [0.4, 0.5) is 0 Å². The van der Waals surface area contributed by atoms with E-state index in [0.717, 1.165) is 11.1 Å². The smallest absolute Gasteiger partial charge is 0.248 e. The molecule has 108 valence electrons. The fourth-order valence-electron chi connectivity index (χ4n) is 1.95. The highest BCUT2D eigenvalue weighted by Crippen LogP contribution is 2.10. The number of carbonyl (C=O) groups is 2. The lowest BCUT2D eigenvalue weighted by Gasteiger charge is -2.12. The van der Waals surface area contributed by atoms with Crippen LogP contribution in [0.2, 0.25) is 0 Å². The van der Waals surface area contributed by atoms with Gasteiger partial charge >= 0.3 is 0 Å². The Bertz CT molecular complexity index is 641. The zero-order chi connectivity index (χ0) is 15.2. The first kappa shape index (κ1) is 14.7. The van der Waals surface area contributed by atoms with Gasteiger partial charge in [-0.15, -0.1) is 0 Å². The van der Waals surface area contributed by atoms with Crippen molar-refractivity contribution >= 4 is 11.8 Å². The lowest BCUT2D eigenvalue weighted by atomic mass is 10.1. The minimum absolute atomic E-state index is 0.273. The Labute approximate surface area is 123 Å². The number of rotatable bonds is 5. The number of amides is 2. The topological polar surface area (TPSA) is 98.2 Å². The second-order valence-corrected chi connectivity index (χ2v) is 4.67. The quantitative estimate of drug-likeness (QED) is 0.766. The molecule has 2 amide bonds. The zero-order valence-electron chi connectivity index (χ0n) is 11.5. The summed E-state index contributed by atoms with van der Waals surface area (Å²) >= 11 is 0. The maximum Gasteiger partial charge on any atom is 0.248 e. The molecule has 0 heterocycles. The molecular formula is C16H17N3O2. The van der Waals surface area contributed by atoms with Crippen LogP contribution in [0, 0.1) is 0 Å². The predicted octanol–water partition coefficient (Wildman–Crippen LogP) is 1.10. The third-order valence-electron chi connectivity index (χ3n) is 3.12. The van der Waals surface area contributed by atoms with Gasteiger partial charge in [0.05, 0.1) is 0 Å². The summed E-state index contributed by atoms with van der Waals surface area (Å²) in [4.78, 5) is 23.1. The van der Waals surface area contributed by atoms with Gasteiger partial charge in [0, 0.05) is 12.1 Å². The first-order chi connectivity index (χ1) is 10.1. The Kier molecular flexibility index (Phi) is 4.68. The zero-order valence-corrected chi connectivity index (χ0v) is 11.5. The van der Waals surface area contributed by atoms with Crippen molar-refractivity contribution < 1.29 is 9.59 Å². The van der Waals surface area contributed by atoms with E-state index in [1.54, 1.807) is 36.4 Å². The van der Waals surface area contributed by atoms with E-state index in [1.807, 2.05) is 18.2 Å². The molecule has 5 nitrogen and oxygen atoms in total. The summed E-state index contributed by atoms with van der Waals surface area (Å²) in [6, 6.07) is 15.2. The summed E-state index contributed by atoms with van der Waals surface area (Å²) in [5.41, 5.74) is 13.1. The summed E-state index contributed by atoms with van der Waals surface area (Å²) in [7, 11) is 0. The molecule has 2 aromatic rings. The van der Waals surface area contributed by atoms with Crippen LogP contribution in [0.1, 0.15) is 27.5 Å². The van der Waals surface area contributed by atoms with Crippen LogP contribution in [0.25, 0.3) is 0 Å². The van der Waals surface area contributed by atoms with E-state index >= 15 is 0 Å². The molecular weight excluding hydrogens is 266 g/mol. The van der Waals surface area contributed by atoms with Crippen molar-refractivity contribution in [3.8, 4) is 0 Å². The average Bonchev–Trinajstić information content (AvgIpc) is 2.53. The van der Waals surface area contributed by atoms with Crippen LogP contribution < -0.4 is 16.8 Å². The Morgan fingerprint density at radius 2 is 1.76 bits per heavy atom. The van der Waals surface area contributed by atoms with Gasteiger partial charge in [0.1, 0.15) is 6.04 Å². The third kappa shape index (κ3) is 3.90. The average molecular weight is 283 g/mol. The van der Waals surface area contributed by atoms with Crippen molar-refractivity contribution in [3.63, 3.8) is 0 Å². The maximum absolute atomic E-state index is 12.0. The van der Waals surface area contributed by atoms with Crippen LogP contribution in [-0.2, 0) is 11.3 Å². The third-order valence-corrected chi connectivity index (χ3v) is 3.12. The van der Waals surface area contributed by atoms with Crippen LogP contribution in [0.15, 0.2) is 54.6 Å². The Hall–Kier alpha value is -2.66. The first-order valence-electron chi connectivity index (χ1n) is 6.55. The second kappa shape index (κ2) is 6.67. The molecule has 5 heteroatoms. The monoisotopic (exact) mass is 283 g/mol. The fourth-order valence-corrected chi connectivity index (χ4v) is 1.95. The molecule has 0 bridgehead atoms. The number of carbonyl (C=O) groups excluding carboxylic acids is 2. The molecule has 0 aromatic heterocycles. The molecule has 2 rings (SSSR count). The highest BCUT2D eigenvalue weighted by molar-refractivity contribution is 5.92. The predicted molar refractivity (Wildman–Crippen MR) is 80.2 cm³/mol. The number of hydrogen-bond acceptors (Lipinski definition) is 3. The number of hydrogen-bond donors (Lipinski definition) is 3. The molecule has 0 unspecified atom stereocenters. The van der Waals surface area contributed by atoms with Gasteiger partial charge < -0.3 is 16.8 Å². The van der Waals surface area contributed by atoms with Crippen molar-refractivity contribution in [1.29, 1.82) is 0 Å². The van der Waals surface area contributed by atoms with Crippen LogP contribution in [0.5, 0.6) is 0 Å². The van der Waals surface area contributed by atoms with E-state index in [0.29, 0.717) is 12.1 Å². The molecule has 0 saturated carbocycles. The normalized spacial score (nSPS) is 11.7. The number of nitrogens with two attached hydrogens (primary N) is 2. The van der Waals surface area contributed by atoms with Crippen LogP contribution >= 0.6 is 0 Å². The van der Waals surface area contributed by atoms with Crippen LogP contribution in [0.3, 0.4) is 0 Å². The van der Waals surface area contributed by atoms with E-state index < -0.39 is 11.9 Å². The van der Waals surface area contributed by atoms with Gasteiger partial charge in [-0.05, 0) is 23.3 Å². The first-order valence-corrected chi connectivity index (χ1v) is 6.55. The molecule has 0 aliphatic heterocycles. The van der Waals surface area contributed by atoms with Crippen LogP contribution in [-0.4, -0.2) is 11.8 Å².